The number of hydrogen-bond acceptors (Lipinski definition) is 5. The average Bonchev–Trinajstić information content (AvgIpc) is 2.75. The first-order valence-electron chi connectivity index (χ1n) is 9.94. The number of carbonyl (C=O) groups excluding carboxylic acids is 1. The van der Waals surface area contributed by atoms with Crippen molar-refractivity contribution in [3.8, 4) is 17.2 Å². The molecule has 0 spiro atoms. The summed E-state index contributed by atoms with van der Waals surface area (Å²) in [6.07, 6.45) is 1.88. The summed E-state index contributed by atoms with van der Waals surface area (Å²) >= 11 is 0. The van der Waals surface area contributed by atoms with Gasteiger partial charge >= 0.3 is 0 Å². The lowest BCUT2D eigenvalue weighted by Crippen LogP contribution is -2.34. The van der Waals surface area contributed by atoms with Gasteiger partial charge in [-0.25, -0.2) is 0 Å². The SMILES string of the molecule is COc1cc2c(cc1OC)CN(CCCNC(=O)c1cc(C)ccc1OC)CC2.Cl. The maximum Gasteiger partial charge on any atom is 0.255 e. The van der Waals surface area contributed by atoms with Crippen molar-refractivity contribution in [2.24, 2.45) is 0 Å². The van der Waals surface area contributed by atoms with Crippen LogP contribution in [0.25, 0.3) is 0 Å². The molecule has 0 atom stereocenters. The lowest BCUT2D eigenvalue weighted by molar-refractivity contribution is 0.0948. The first-order chi connectivity index (χ1) is 14.0. The van der Waals surface area contributed by atoms with Crippen molar-refractivity contribution in [3.05, 3.63) is 52.6 Å². The van der Waals surface area contributed by atoms with Crippen molar-refractivity contribution in [1.82, 2.24) is 10.2 Å². The van der Waals surface area contributed by atoms with Crippen LogP contribution in [-0.4, -0.2) is 51.8 Å². The zero-order valence-corrected chi connectivity index (χ0v) is 18.9. The van der Waals surface area contributed by atoms with E-state index < -0.39 is 0 Å². The fourth-order valence-corrected chi connectivity index (χ4v) is 3.73. The second-order valence-corrected chi connectivity index (χ2v) is 7.32. The summed E-state index contributed by atoms with van der Waals surface area (Å²) in [5.41, 5.74) is 4.22. The number of rotatable bonds is 8. The molecule has 0 aromatic heterocycles. The molecular formula is C23H31ClN2O4. The predicted octanol–water partition coefficient (Wildman–Crippen LogP) is 3.62. The smallest absolute Gasteiger partial charge is 0.255 e. The summed E-state index contributed by atoms with van der Waals surface area (Å²) in [6.45, 7) is 5.41. The molecule has 0 bridgehead atoms. The zero-order valence-electron chi connectivity index (χ0n) is 18.1. The maximum atomic E-state index is 12.5. The van der Waals surface area contributed by atoms with Gasteiger partial charge in [-0.2, -0.15) is 0 Å². The molecule has 0 fully saturated rings. The van der Waals surface area contributed by atoms with Crippen molar-refractivity contribution in [3.63, 3.8) is 0 Å². The Balaban J connectivity index is 0.00000320. The lowest BCUT2D eigenvalue weighted by Gasteiger charge is -2.29. The zero-order chi connectivity index (χ0) is 20.8. The van der Waals surface area contributed by atoms with Gasteiger partial charge in [0.2, 0.25) is 0 Å². The number of methoxy groups -OCH3 is 3. The highest BCUT2D eigenvalue weighted by Gasteiger charge is 2.19. The van der Waals surface area contributed by atoms with E-state index in [-0.39, 0.29) is 18.3 Å². The summed E-state index contributed by atoms with van der Waals surface area (Å²) in [5, 5.41) is 3.01. The lowest BCUT2D eigenvalue weighted by atomic mass is 9.98. The molecule has 30 heavy (non-hydrogen) atoms. The summed E-state index contributed by atoms with van der Waals surface area (Å²) in [5.74, 6) is 2.07. The molecule has 1 N–H and O–H groups in total. The molecule has 1 amide bonds. The van der Waals surface area contributed by atoms with Crippen LogP contribution in [-0.2, 0) is 13.0 Å². The highest BCUT2D eigenvalue weighted by atomic mass is 35.5. The van der Waals surface area contributed by atoms with Crippen molar-refractivity contribution in [1.29, 1.82) is 0 Å². The van der Waals surface area contributed by atoms with Gasteiger partial charge in [0.1, 0.15) is 5.75 Å². The first-order valence-corrected chi connectivity index (χ1v) is 9.94. The van der Waals surface area contributed by atoms with E-state index in [9.17, 15) is 4.79 Å². The molecule has 0 saturated heterocycles. The van der Waals surface area contributed by atoms with Gasteiger partial charge in [0.15, 0.2) is 11.5 Å². The predicted molar refractivity (Wildman–Crippen MR) is 120 cm³/mol. The second kappa shape index (κ2) is 11.1. The molecule has 0 saturated carbocycles. The molecule has 164 valence electrons. The molecule has 3 rings (SSSR count). The summed E-state index contributed by atoms with van der Waals surface area (Å²) in [7, 11) is 4.91. The number of halogens is 1. The Morgan fingerprint density at radius 2 is 1.67 bits per heavy atom. The van der Waals surface area contributed by atoms with Crippen LogP contribution in [0.2, 0.25) is 0 Å². The van der Waals surface area contributed by atoms with Gasteiger partial charge in [0.25, 0.3) is 5.91 Å². The Kier molecular flexibility index (Phi) is 8.81. The molecule has 1 aliphatic rings. The minimum atomic E-state index is -0.0913. The number of nitrogens with one attached hydrogen (secondary N) is 1. The molecule has 2 aromatic carbocycles. The van der Waals surface area contributed by atoms with Crippen molar-refractivity contribution in [2.45, 2.75) is 26.3 Å². The topological polar surface area (TPSA) is 60.0 Å². The van der Waals surface area contributed by atoms with Crippen LogP contribution in [0.1, 0.15) is 33.5 Å². The van der Waals surface area contributed by atoms with E-state index in [0.29, 0.717) is 17.9 Å². The van der Waals surface area contributed by atoms with E-state index in [1.165, 1.54) is 11.1 Å². The number of hydrogen-bond donors (Lipinski definition) is 1. The number of carbonyl (C=O) groups is 1. The monoisotopic (exact) mass is 434 g/mol. The largest absolute Gasteiger partial charge is 0.496 e. The maximum absolute atomic E-state index is 12.5. The van der Waals surface area contributed by atoms with Crippen LogP contribution < -0.4 is 19.5 Å². The normalized spacial score (nSPS) is 13.1. The number of fused-ring (bicyclic) bond motifs is 1. The minimum absolute atomic E-state index is 0. The fourth-order valence-electron chi connectivity index (χ4n) is 3.73. The Morgan fingerprint density at radius 1 is 1.00 bits per heavy atom. The molecule has 6 nitrogen and oxygen atoms in total. The Hall–Kier alpha value is -2.44. The van der Waals surface area contributed by atoms with E-state index in [2.05, 4.69) is 22.3 Å². The molecule has 7 heteroatoms. The van der Waals surface area contributed by atoms with Crippen molar-refractivity contribution < 1.29 is 19.0 Å². The van der Waals surface area contributed by atoms with Crippen LogP contribution in [0.3, 0.4) is 0 Å². The molecule has 1 heterocycles. The van der Waals surface area contributed by atoms with Crippen LogP contribution in [0.4, 0.5) is 0 Å². The Morgan fingerprint density at radius 3 is 2.33 bits per heavy atom. The summed E-state index contributed by atoms with van der Waals surface area (Å²) in [4.78, 5) is 14.9. The molecule has 0 aliphatic carbocycles. The molecule has 0 radical (unpaired) electrons. The molecule has 0 unspecified atom stereocenters. The van der Waals surface area contributed by atoms with Gasteiger partial charge in [-0.1, -0.05) is 11.6 Å². The van der Waals surface area contributed by atoms with E-state index in [0.717, 1.165) is 49.5 Å². The van der Waals surface area contributed by atoms with Crippen LogP contribution in [0, 0.1) is 6.92 Å². The van der Waals surface area contributed by atoms with E-state index in [1.807, 2.05) is 25.1 Å². The van der Waals surface area contributed by atoms with Crippen molar-refractivity contribution >= 4 is 18.3 Å². The van der Waals surface area contributed by atoms with Gasteiger partial charge in [0, 0.05) is 26.2 Å². The third kappa shape index (κ3) is 5.58. The van der Waals surface area contributed by atoms with Crippen LogP contribution >= 0.6 is 12.4 Å². The van der Waals surface area contributed by atoms with E-state index >= 15 is 0 Å². The molecule has 2 aromatic rings. The van der Waals surface area contributed by atoms with Gasteiger partial charge in [-0.3, -0.25) is 9.69 Å². The molecular weight excluding hydrogens is 404 g/mol. The number of ether oxygens (including phenoxy) is 3. The average molecular weight is 435 g/mol. The van der Waals surface area contributed by atoms with Crippen LogP contribution in [0.5, 0.6) is 17.2 Å². The summed E-state index contributed by atoms with van der Waals surface area (Å²) < 4.78 is 16.1. The number of benzene rings is 2. The highest BCUT2D eigenvalue weighted by molar-refractivity contribution is 5.97. The first kappa shape index (κ1) is 23.8. The van der Waals surface area contributed by atoms with Gasteiger partial charge in [-0.05, 0) is 55.2 Å². The van der Waals surface area contributed by atoms with Gasteiger partial charge in [-0.15, -0.1) is 12.4 Å². The van der Waals surface area contributed by atoms with E-state index in [1.54, 1.807) is 21.3 Å². The van der Waals surface area contributed by atoms with E-state index in [4.69, 9.17) is 14.2 Å². The summed E-state index contributed by atoms with van der Waals surface area (Å²) in [6, 6.07) is 9.79. The highest BCUT2D eigenvalue weighted by Crippen LogP contribution is 2.33. The standard InChI is InChI=1S/C23H30N2O4.ClH/c1-16-6-7-20(27-2)19(12-16)23(26)24-9-5-10-25-11-8-17-13-21(28-3)22(29-4)14-18(17)15-25;/h6-7,12-14H,5,8-11,15H2,1-4H3,(H,24,26);1H. The Bertz CT molecular complexity index is 873. The quantitative estimate of drug-likeness (QED) is 0.643. The molecule has 1 aliphatic heterocycles. The number of amides is 1. The second-order valence-electron chi connectivity index (χ2n) is 7.32. The third-order valence-corrected chi connectivity index (χ3v) is 5.33. The van der Waals surface area contributed by atoms with Crippen LogP contribution in [0.15, 0.2) is 30.3 Å². The van der Waals surface area contributed by atoms with Crippen molar-refractivity contribution in [2.75, 3.05) is 41.0 Å². The third-order valence-electron chi connectivity index (χ3n) is 5.33. The van der Waals surface area contributed by atoms with Gasteiger partial charge < -0.3 is 19.5 Å². The fraction of sp³-hybridized carbons (Fsp3) is 0.435. The Labute approximate surface area is 184 Å². The van der Waals surface area contributed by atoms with Gasteiger partial charge in [0.05, 0.1) is 26.9 Å². The number of aryl methyl sites for hydroxylation is 1. The minimum Gasteiger partial charge on any atom is -0.496 e. The number of nitrogens with zero attached hydrogens (tertiary/aromatic N) is 1.